The number of hydrogen-bond donors (Lipinski definition) is 2. The Bertz CT molecular complexity index is 496. The Morgan fingerprint density at radius 3 is 2.40 bits per heavy atom. The van der Waals surface area contributed by atoms with E-state index < -0.39 is 11.9 Å². The smallest absolute Gasteiger partial charge is 0.308 e. The van der Waals surface area contributed by atoms with Crippen molar-refractivity contribution in [1.29, 1.82) is 0 Å². The van der Waals surface area contributed by atoms with Crippen LogP contribution in [0.4, 0.5) is 5.69 Å². The fraction of sp³-hybridized carbons (Fsp3) is 0.467. The molecule has 1 fully saturated rings. The van der Waals surface area contributed by atoms with Crippen molar-refractivity contribution in [1.82, 2.24) is 5.32 Å². The van der Waals surface area contributed by atoms with Gasteiger partial charge in [-0.2, -0.15) is 0 Å². The van der Waals surface area contributed by atoms with Gasteiger partial charge < -0.3 is 15.3 Å². The summed E-state index contributed by atoms with van der Waals surface area (Å²) >= 11 is 0. The van der Waals surface area contributed by atoms with Crippen molar-refractivity contribution in [2.24, 2.45) is 5.92 Å². The lowest BCUT2D eigenvalue weighted by Gasteiger charge is -2.18. The van der Waals surface area contributed by atoms with Gasteiger partial charge in [-0.05, 0) is 37.1 Å². The monoisotopic (exact) mass is 276 g/mol. The standard InChI is InChI=1S/C15H20N2O3/c1-17(2)11-8-6-10(7-9-11)14(18)16-13-5-3-4-12(13)15(19)20/h6-9,12-13H,3-5H2,1-2H3,(H,16,18)(H,19,20). The van der Waals surface area contributed by atoms with Crippen LogP contribution < -0.4 is 10.2 Å². The number of benzene rings is 1. The lowest BCUT2D eigenvalue weighted by atomic mass is 10.0. The first-order valence-electron chi connectivity index (χ1n) is 6.80. The van der Waals surface area contributed by atoms with Gasteiger partial charge in [0.25, 0.3) is 5.91 Å². The third kappa shape index (κ3) is 3.10. The van der Waals surface area contributed by atoms with Crippen LogP contribution in [0.1, 0.15) is 29.6 Å². The minimum atomic E-state index is -0.823. The molecular weight excluding hydrogens is 256 g/mol. The first-order chi connectivity index (χ1) is 9.49. The quantitative estimate of drug-likeness (QED) is 0.878. The highest BCUT2D eigenvalue weighted by atomic mass is 16.4. The minimum absolute atomic E-state index is 0.201. The second kappa shape index (κ2) is 5.94. The fourth-order valence-electron chi connectivity index (χ4n) is 2.59. The summed E-state index contributed by atoms with van der Waals surface area (Å²) in [6.45, 7) is 0. The lowest BCUT2D eigenvalue weighted by molar-refractivity contribution is -0.142. The van der Waals surface area contributed by atoms with Gasteiger partial charge in [0.15, 0.2) is 0 Å². The molecule has 0 aliphatic heterocycles. The minimum Gasteiger partial charge on any atom is -0.481 e. The highest BCUT2D eigenvalue weighted by Crippen LogP contribution is 2.26. The summed E-state index contributed by atoms with van der Waals surface area (Å²) in [6.07, 6.45) is 2.22. The number of carbonyl (C=O) groups excluding carboxylic acids is 1. The molecule has 0 heterocycles. The van der Waals surface area contributed by atoms with Crippen molar-refractivity contribution in [3.05, 3.63) is 29.8 Å². The van der Waals surface area contributed by atoms with Gasteiger partial charge >= 0.3 is 5.97 Å². The lowest BCUT2D eigenvalue weighted by Crippen LogP contribution is -2.40. The zero-order valence-electron chi connectivity index (χ0n) is 11.8. The second-order valence-corrected chi connectivity index (χ2v) is 5.40. The molecule has 1 aromatic rings. The third-order valence-electron chi connectivity index (χ3n) is 3.80. The molecule has 2 rings (SSSR count). The van der Waals surface area contributed by atoms with Crippen LogP contribution >= 0.6 is 0 Å². The molecule has 1 amide bonds. The van der Waals surface area contributed by atoms with Crippen molar-refractivity contribution in [2.45, 2.75) is 25.3 Å². The van der Waals surface area contributed by atoms with E-state index in [0.29, 0.717) is 12.0 Å². The molecule has 108 valence electrons. The van der Waals surface area contributed by atoms with Gasteiger partial charge in [0, 0.05) is 31.4 Å². The van der Waals surface area contributed by atoms with Gasteiger partial charge in [-0.25, -0.2) is 0 Å². The SMILES string of the molecule is CN(C)c1ccc(C(=O)NC2CCCC2C(=O)O)cc1. The summed E-state index contributed by atoms with van der Waals surface area (Å²) in [6, 6.07) is 7.01. The normalized spacial score (nSPS) is 21.5. The predicted octanol–water partition coefficient (Wildman–Crippen LogP) is 1.74. The largest absolute Gasteiger partial charge is 0.481 e. The van der Waals surface area contributed by atoms with E-state index in [1.165, 1.54) is 0 Å². The first kappa shape index (κ1) is 14.4. The number of aliphatic carboxylic acids is 1. The van der Waals surface area contributed by atoms with Crippen molar-refractivity contribution in [3.63, 3.8) is 0 Å². The Balaban J connectivity index is 2.02. The zero-order valence-corrected chi connectivity index (χ0v) is 11.8. The number of anilines is 1. The van der Waals surface area contributed by atoms with Gasteiger partial charge in [-0.1, -0.05) is 6.42 Å². The number of nitrogens with one attached hydrogen (secondary N) is 1. The van der Waals surface area contributed by atoms with Crippen molar-refractivity contribution < 1.29 is 14.7 Å². The number of nitrogens with zero attached hydrogens (tertiary/aromatic N) is 1. The first-order valence-corrected chi connectivity index (χ1v) is 6.80. The summed E-state index contributed by atoms with van der Waals surface area (Å²) in [4.78, 5) is 25.2. The molecule has 1 saturated carbocycles. The average Bonchev–Trinajstić information content (AvgIpc) is 2.87. The van der Waals surface area contributed by atoms with Crippen molar-refractivity contribution in [3.8, 4) is 0 Å². The highest BCUT2D eigenvalue weighted by Gasteiger charge is 2.33. The number of rotatable bonds is 4. The number of carboxylic acid groups (broad SMARTS) is 1. The Kier molecular flexibility index (Phi) is 4.27. The van der Waals surface area contributed by atoms with E-state index in [2.05, 4.69) is 5.32 Å². The van der Waals surface area contributed by atoms with Crippen LogP contribution in [0.25, 0.3) is 0 Å². The van der Waals surface area contributed by atoms with Gasteiger partial charge in [0.05, 0.1) is 5.92 Å². The maximum absolute atomic E-state index is 12.1. The molecule has 20 heavy (non-hydrogen) atoms. The predicted molar refractivity (Wildman–Crippen MR) is 77.0 cm³/mol. The molecule has 5 nitrogen and oxygen atoms in total. The van der Waals surface area contributed by atoms with Crippen LogP contribution in [0.5, 0.6) is 0 Å². The van der Waals surface area contributed by atoms with Crippen LogP contribution in [0.15, 0.2) is 24.3 Å². The third-order valence-corrected chi connectivity index (χ3v) is 3.80. The molecule has 1 aliphatic rings. The van der Waals surface area contributed by atoms with Crippen LogP contribution in [0, 0.1) is 5.92 Å². The van der Waals surface area contributed by atoms with Gasteiger partial charge in [-0.3, -0.25) is 9.59 Å². The van der Waals surface area contributed by atoms with Crippen molar-refractivity contribution in [2.75, 3.05) is 19.0 Å². The summed E-state index contributed by atoms with van der Waals surface area (Å²) < 4.78 is 0. The Hall–Kier alpha value is -2.04. The topological polar surface area (TPSA) is 69.6 Å². The second-order valence-electron chi connectivity index (χ2n) is 5.40. The van der Waals surface area contributed by atoms with Crippen molar-refractivity contribution >= 4 is 17.6 Å². The molecule has 0 saturated heterocycles. The summed E-state index contributed by atoms with van der Waals surface area (Å²) in [5, 5.41) is 11.9. The highest BCUT2D eigenvalue weighted by molar-refractivity contribution is 5.95. The van der Waals surface area contributed by atoms with Crippen LogP contribution in [0.3, 0.4) is 0 Å². The molecule has 2 unspecified atom stereocenters. The van der Waals surface area contributed by atoms with E-state index in [4.69, 9.17) is 5.11 Å². The Labute approximate surface area is 118 Å². The summed E-state index contributed by atoms with van der Waals surface area (Å²) in [7, 11) is 3.87. The molecule has 0 spiro atoms. The summed E-state index contributed by atoms with van der Waals surface area (Å²) in [5.74, 6) is -1.48. The van der Waals surface area contributed by atoms with Crippen LogP contribution in [-0.2, 0) is 4.79 Å². The zero-order chi connectivity index (χ0) is 14.7. The molecule has 0 radical (unpaired) electrons. The van der Waals surface area contributed by atoms with E-state index in [1.54, 1.807) is 12.1 Å². The van der Waals surface area contributed by atoms with Gasteiger partial charge in [0.2, 0.25) is 0 Å². The van der Waals surface area contributed by atoms with Crippen LogP contribution in [0.2, 0.25) is 0 Å². The molecule has 2 atom stereocenters. The molecular formula is C15H20N2O3. The Morgan fingerprint density at radius 1 is 1.20 bits per heavy atom. The Morgan fingerprint density at radius 2 is 1.85 bits per heavy atom. The van der Waals surface area contributed by atoms with Crippen LogP contribution in [-0.4, -0.2) is 37.1 Å². The van der Waals surface area contributed by atoms with E-state index in [9.17, 15) is 9.59 Å². The molecule has 2 N–H and O–H groups in total. The maximum atomic E-state index is 12.1. The number of carboxylic acids is 1. The van der Waals surface area contributed by atoms with Gasteiger partial charge in [0.1, 0.15) is 0 Å². The van der Waals surface area contributed by atoms with E-state index in [0.717, 1.165) is 18.5 Å². The van der Waals surface area contributed by atoms with E-state index in [1.807, 2.05) is 31.1 Å². The summed E-state index contributed by atoms with van der Waals surface area (Å²) in [5.41, 5.74) is 1.58. The van der Waals surface area contributed by atoms with Gasteiger partial charge in [-0.15, -0.1) is 0 Å². The van der Waals surface area contributed by atoms with E-state index >= 15 is 0 Å². The molecule has 0 bridgehead atoms. The average molecular weight is 276 g/mol. The fourth-order valence-corrected chi connectivity index (χ4v) is 2.59. The number of carbonyl (C=O) groups is 2. The maximum Gasteiger partial charge on any atom is 0.308 e. The van der Waals surface area contributed by atoms with E-state index in [-0.39, 0.29) is 11.9 Å². The number of amides is 1. The molecule has 1 aliphatic carbocycles. The molecule has 5 heteroatoms. The molecule has 0 aromatic heterocycles. The number of hydrogen-bond acceptors (Lipinski definition) is 3. The molecule has 1 aromatic carbocycles.